The van der Waals surface area contributed by atoms with Gasteiger partial charge in [-0.3, -0.25) is 4.90 Å². The average Bonchev–Trinajstić information content (AvgIpc) is 3.22. The summed E-state index contributed by atoms with van der Waals surface area (Å²) in [4.78, 5) is 4.99. The van der Waals surface area contributed by atoms with E-state index in [1.54, 1.807) is 11.1 Å². The number of hydrogen-bond acceptors (Lipinski definition) is 4. The van der Waals surface area contributed by atoms with Gasteiger partial charge in [0.05, 0.1) is 12.2 Å². The quantitative estimate of drug-likeness (QED) is 0.918. The zero-order chi connectivity index (χ0) is 16.5. The normalized spacial score (nSPS) is 28.5. The van der Waals surface area contributed by atoms with Crippen LogP contribution in [0, 0.1) is 0 Å². The summed E-state index contributed by atoms with van der Waals surface area (Å²) >= 11 is 0. The third-order valence-corrected chi connectivity index (χ3v) is 6.07. The number of aliphatic hydroxyl groups is 1. The number of aryl methyl sites for hydroxylation is 2. The van der Waals surface area contributed by atoms with Gasteiger partial charge in [-0.05, 0) is 62.3 Å². The third-order valence-electron chi connectivity index (χ3n) is 6.07. The van der Waals surface area contributed by atoms with Crippen LogP contribution in [0.1, 0.15) is 37.3 Å². The molecule has 24 heavy (non-hydrogen) atoms. The molecule has 0 aromatic heterocycles. The van der Waals surface area contributed by atoms with Crippen molar-refractivity contribution in [3.8, 4) is 0 Å². The van der Waals surface area contributed by atoms with Crippen molar-refractivity contribution in [2.75, 3.05) is 37.7 Å². The fraction of sp³-hybridized carbons (Fsp3) is 0.700. The van der Waals surface area contributed by atoms with Gasteiger partial charge < -0.3 is 14.7 Å². The van der Waals surface area contributed by atoms with E-state index in [1.807, 2.05) is 6.92 Å². The summed E-state index contributed by atoms with van der Waals surface area (Å²) in [7, 11) is 0. The third kappa shape index (κ3) is 3.19. The molecule has 2 heterocycles. The van der Waals surface area contributed by atoms with Crippen LogP contribution in [-0.2, 0) is 17.6 Å². The molecule has 0 unspecified atom stereocenters. The van der Waals surface area contributed by atoms with Crippen LogP contribution in [0.4, 0.5) is 5.69 Å². The Hall–Kier alpha value is -1.10. The highest BCUT2D eigenvalue weighted by Gasteiger charge is 2.36. The Bertz CT molecular complexity index is 569. The fourth-order valence-electron chi connectivity index (χ4n) is 4.71. The van der Waals surface area contributed by atoms with E-state index < -0.39 is 0 Å². The number of piperidine rings is 1. The van der Waals surface area contributed by atoms with Gasteiger partial charge in [0.25, 0.3) is 0 Å². The van der Waals surface area contributed by atoms with Crippen molar-refractivity contribution in [3.05, 3.63) is 29.3 Å². The second-order valence-electron chi connectivity index (χ2n) is 7.54. The molecule has 0 radical (unpaired) electrons. The number of rotatable bonds is 4. The largest absolute Gasteiger partial charge is 0.389 e. The summed E-state index contributed by atoms with van der Waals surface area (Å²) in [6.45, 7) is 6.59. The van der Waals surface area contributed by atoms with Crippen LogP contribution in [0.5, 0.6) is 0 Å². The zero-order valence-corrected chi connectivity index (χ0v) is 14.8. The molecule has 4 heteroatoms. The number of anilines is 1. The maximum atomic E-state index is 10.2. The average molecular weight is 330 g/mol. The van der Waals surface area contributed by atoms with E-state index in [9.17, 15) is 5.11 Å². The lowest BCUT2D eigenvalue weighted by atomic mass is 10.0. The van der Waals surface area contributed by atoms with E-state index in [0.29, 0.717) is 12.6 Å². The molecule has 1 aromatic rings. The summed E-state index contributed by atoms with van der Waals surface area (Å²) in [5, 5.41) is 10.2. The molecular weight excluding hydrogens is 300 g/mol. The highest BCUT2D eigenvalue weighted by Crippen LogP contribution is 2.30. The minimum Gasteiger partial charge on any atom is -0.389 e. The van der Waals surface area contributed by atoms with Crippen molar-refractivity contribution in [1.82, 2.24) is 4.90 Å². The molecule has 0 bridgehead atoms. The predicted octanol–water partition coefficient (Wildman–Crippen LogP) is 2.23. The van der Waals surface area contributed by atoms with Crippen molar-refractivity contribution in [3.63, 3.8) is 0 Å². The first-order chi connectivity index (χ1) is 11.7. The first kappa shape index (κ1) is 16.4. The number of ether oxygens (including phenoxy) is 1. The van der Waals surface area contributed by atoms with E-state index in [4.69, 9.17) is 4.74 Å². The fourth-order valence-corrected chi connectivity index (χ4v) is 4.71. The van der Waals surface area contributed by atoms with Crippen molar-refractivity contribution in [2.45, 2.75) is 57.3 Å². The maximum Gasteiger partial charge on any atom is 0.0972 e. The summed E-state index contributed by atoms with van der Waals surface area (Å²) in [6, 6.07) is 7.67. The molecule has 2 fully saturated rings. The van der Waals surface area contributed by atoms with Gasteiger partial charge in [-0.1, -0.05) is 6.07 Å². The topological polar surface area (TPSA) is 35.9 Å². The van der Waals surface area contributed by atoms with Gasteiger partial charge >= 0.3 is 0 Å². The Morgan fingerprint density at radius 3 is 2.71 bits per heavy atom. The number of β-amino-alcohol motifs (C(OH)–C–C–N with tert-alkyl or cyclic N) is 1. The summed E-state index contributed by atoms with van der Waals surface area (Å²) in [5.74, 6) is 0. The molecular formula is C20H30N2O2. The predicted molar refractivity (Wildman–Crippen MR) is 96.7 cm³/mol. The molecule has 4 nitrogen and oxygen atoms in total. The molecule has 3 aliphatic rings. The van der Waals surface area contributed by atoms with Crippen molar-refractivity contribution in [1.29, 1.82) is 0 Å². The van der Waals surface area contributed by atoms with E-state index >= 15 is 0 Å². The van der Waals surface area contributed by atoms with Crippen LogP contribution < -0.4 is 4.90 Å². The lowest BCUT2D eigenvalue weighted by molar-refractivity contribution is -0.00267. The van der Waals surface area contributed by atoms with Gasteiger partial charge in [0.15, 0.2) is 0 Å². The van der Waals surface area contributed by atoms with Gasteiger partial charge in [0.2, 0.25) is 0 Å². The Morgan fingerprint density at radius 2 is 1.92 bits per heavy atom. The van der Waals surface area contributed by atoms with E-state index in [2.05, 4.69) is 28.0 Å². The molecule has 2 atom stereocenters. The number of likely N-dealkylation sites (tertiary alicyclic amines) is 1. The Balaban J connectivity index is 1.34. The first-order valence-corrected chi connectivity index (χ1v) is 9.65. The van der Waals surface area contributed by atoms with Gasteiger partial charge in [0.1, 0.15) is 0 Å². The van der Waals surface area contributed by atoms with E-state index in [0.717, 1.165) is 26.2 Å². The van der Waals surface area contributed by atoms with Crippen molar-refractivity contribution in [2.24, 2.45) is 0 Å². The van der Waals surface area contributed by atoms with Crippen molar-refractivity contribution < 1.29 is 9.84 Å². The maximum absolute atomic E-state index is 10.2. The number of nitrogens with zero attached hydrogens (tertiary/aromatic N) is 2. The Kier molecular flexibility index (Phi) is 4.79. The molecule has 0 saturated carbocycles. The molecule has 1 N–H and O–H groups in total. The number of hydrogen-bond donors (Lipinski definition) is 1. The minimum atomic E-state index is -0.320. The first-order valence-electron chi connectivity index (χ1n) is 9.65. The molecule has 132 valence electrons. The number of aliphatic hydroxyl groups excluding tert-OH is 1. The minimum absolute atomic E-state index is 0.00439. The zero-order valence-electron chi connectivity index (χ0n) is 14.8. The lowest BCUT2D eigenvalue weighted by Gasteiger charge is -2.38. The molecule has 2 saturated heterocycles. The van der Waals surface area contributed by atoms with Crippen LogP contribution in [0.2, 0.25) is 0 Å². The van der Waals surface area contributed by atoms with Gasteiger partial charge in [0, 0.05) is 44.5 Å². The van der Waals surface area contributed by atoms with Crippen molar-refractivity contribution >= 4 is 5.69 Å². The lowest BCUT2D eigenvalue weighted by Crippen LogP contribution is -2.44. The monoisotopic (exact) mass is 330 g/mol. The smallest absolute Gasteiger partial charge is 0.0972 e. The summed E-state index contributed by atoms with van der Waals surface area (Å²) in [6.07, 6.45) is 5.88. The van der Waals surface area contributed by atoms with Gasteiger partial charge in [-0.15, -0.1) is 0 Å². The Morgan fingerprint density at radius 1 is 1.12 bits per heavy atom. The molecule has 2 aliphatic heterocycles. The second kappa shape index (κ2) is 7.03. The van der Waals surface area contributed by atoms with E-state index in [-0.39, 0.29) is 12.2 Å². The van der Waals surface area contributed by atoms with Gasteiger partial charge in [-0.2, -0.15) is 0 Å². The van der Waals surface area contributed by atoms with Crippen LogP contribution in [-0.4, -0.2) is 61.0 Å². The number of benzene rings is 1. The molecule has 0 spiro atoms. The Labute approximate surface area is 145 Å². The second-order valence-corrected chi connectivity index (χ2v) is 7.54. The van der Waals surface area contributed by atoms with Crippen LogP contribution in [0.3, 0.4) is 0 Å². The molecule has 4 rings (SSSR count). The van der Waals surface area contributed by atoms with Crippen LogP contribution in [0.25, 0.3) is 0 Å². The molecule has 1 aliphatic carbocycles. The van der Waals surface area contributed by atoms with E-state index in [1.165, 1.54) is 37.8 Å². The molecule has 0 amide bonds. The molecule has 1 aromatic carbocycles. The highest BCUT2D eigenvalue weighted by molar-refractivity contribution is 5.52. The SMILES string of the molecule is CCO[C@@H]1CN(C2CCN(c3ccc4c(c3)CCC4)CC2)C[C@H]1O. The number of fused-ring (bicyclic) bond motifs is 1. The highest BCUT2D eigenvalue weighted by atomic mass is 16.5. The summed E-state index contributed by atoms with van der Waals surface area (Å²) in [5.41, 5.74) is 4.53. The van der Waals surface area contributed by atoms with Crippen LogP contribution >= 0.6 is 0 Å². The summed E-state index contributed by atoms with van der Waals surface area (Å²) < 4.78 is 5.67. The van der Waals surface area contributed by atoms with Crippen LogP contribution in [0.15, 0.2) is 18.2 Å². The van der Waals surface area contributed by atoms with Gasteiger partial charge in [-0.25, -0.2) is 0 Å². The standard InChI is InChI=1S/C20H30N2O2/c1-2-24-20-14-22(13-19(20)23)17-8-10-21(11-9-17)18-7-6-15-4-3-5-16(15)12-18/h6-7,12,17,19-20,23H,2-5,8-11,13-14H2,1H3/t19-,20-/m1/s1.